The number of rotatable bonds is 7. The molecule has 1 aromatic heterocycles. The van der Waals surface area contributed by atoms with Gasteiger partial charge in [-0.3, -0.25) is 19.3 Å². The first kappa shape index (κ1) is 28.0. The van der Waals surface area contributed by atoms with Crippen LogP contribution in [0.1, 0.15) is 39.6 Å². The van der Waals surface area contributed by atoms with Gasteiger partial charge >= 0.3 is 5.97 Å². The summed E-state index contributed by atoms with van der Waals surface area (Å²) in [5.41, 5.74) is 3.91. The molecule has 2 heterocycles. The maximum absolute atomic E-state index is 13.3. The van der Waals surface area contributed by atoms with Crippen LogP contribution in [0.4, 0.5) is 5.69 Å². The van der Waals surface area contributed by atoms with Crippen LogP contribution in [0.5, 0.6) is 5.75 Å². The molecule has 2 amide bonds. The fourth-order valence-electron chi connectivity index (χ4n) is 5.93. The summed E-state index contributed by atoms with van der Waals surface area (Å²) >= 11 is 0. The van der Waals surface area contributed by atoms with E-state index in [2.05, 4.69) is 0 Å². The standard InChI is InChI=1S/C35H30N2O6/c1-20-10-15-29-27(16-20)28(35(41)43-19-31(38)23-7-5-8-25(17-23)42-3)18-30(36-29)22-11-13-24(14-12-22)37-33(39)26-9-4-6-21(2)32(26)34(37)40/h4-8,10-18,21,26,32H,9,19H2,1-3H3. The van der Waals surface area contributed by atoms with E-state index in [0.29, 0.717) is 45.6 Å². The Bertz CT molecular complexity index is 1810. The summed E-state index contributed by atoms with van der Waals surface area (Å²) in [5, 5.41) is 0.609. The first-order valence-corrected chi connectivity index (χ1v) is 14.2. The predicted molar refractivity (Wildman–Crippen MR) is 162 cm³/mol. The summed E-state index contributed by atoms with van der Waals surface area (Å²) < 4.78 is 10.7. The number of aryl methyl sites for hydroxylation is 1. The number of ketones is 1. The van der Waals surface area contributed by atoms with E-state index in [1.54, 1.807) is 54.6 Å². The van der Waals surface area contributed by atoms with Gasteiger partial charge in [-0.1, -0.05) is 55.0 Å². The molecule has 1 saturated heterocycles. The van der Waals surface area contributed by atoms with Crippen molar-refractivity contribution in [2.75, 3.05) is 18.6 Å². The fourth-order valence-corrected chi connectivity index (χ4v) is 5.93. The first-order chi connectivity index (χ1) is 20.7. The third-order valence-electron chi connectivity index (χ3n) is 8.20. The Morgan fingerprint density at radius 3 is 2.51 bits per heavy atom. The second kappa shape index (κ2) is 11.3. The van der Waals surface area contributed by atoms with Gasteiger partial charge in [0.15, 0.2) is 12.4 Å². The molecule has 3 atom stereocenters. The van der Waals surface area contributed by atoms with E-state index in [0.717, 1.165) is 5.56 Å². The minimum absolute atomic E-state index is 0.00824. The lowest BCUT2D eigenvalue weighted by Crippen LogP contribution is -2.31. The van der Waals surface area contributed by atoms with Crippen LogP contribution in [0.15, 0.2) is 84.9 Å². The van der Waals surface area contributed by atoms with Crippen LogP contribution in [0, 0.1) is 24.7 Å². The highest BCUT2D eigenvalue weighted by atomic mass is 16.5. The predicted octanol–water partition coefficient (Wildman–Crippen LogP) is 5.96. The van der Waals surface area contributed by atoms with Crippen LogP contribution in [0.2, 0.25) is 0 Å². The number of imide groups is 1. The van der Waals surface area contributed by atoms with Gasteiger partial charge in [0, 0.05) is 16.5 Å². The Kier molecular flexibility index (Phi) is 7.36. The van der Waals surface area contributed by atoms with Crippen molar-refractivity contribution >= 4 is 40.2 Å². The smallest absolute Gasteiger partial charge is 0.339 e. The van der Waals surface area contributed by atoms with Gasteiger partial charge < -0.3 is 9.47 Å². The average molecular weight is 575 g/mol. The third kappa shape index (κ3) is 5.20. The molecule has 0 bridgehead atoms. The second-order valence-electron chi connectivity index (χ2n) is 11.0. The normalized spacial score (nSPS) is 19.4. The van der Waals surface area contributed by atoms with Gasteiger partial charge in [0.1, 0.15) is 5.75 Å². The van der Waals surface area contributed by atoms with Crippen molar-refractivity contribution in [1.82, 2.24) is 4.98 Å². The number of allylic oxidation sites excluding steroid dienone is 2. The van der Waals surface area contributed by atoms with Gasteiger partial charge in [-0.2, -0.15) is 0 Å². The summed E-state index contributed by atoms with van der Waals surface area (Å²) in [6, 6.07) is 20.9. The van der Waals surface area contributed by atoms with Crippen molar-refractivity contribution in [3.05, 3.63) is 102 Å². The number of hydrogen-bond donors (Lipinski definition) is 0. The van der Waals surface area contributed by atoms with Crippen LogP contribution in [0.3, 0.4) is 0 Å². The van der Waals surface area contributed by atoms with Crippen molar-refractivity contribution in [2.45, 2.75) is 20.3 Å². The molecule has 216 valence electrons. The fraction of sp³-hybridized carbons (Fsp3) is 0.229. The molecule has 6 rings (SSSR count). The van der Waals surface area contributed by atoms with Gasteiger partial charge in [-0.15, -0.1) is 0 Å². The number of methoxy groups -OCH3 is 1. The molecule has 1 aliphatic heterocycles. The van der Waals surface area contributed by atoms with Gasteiger partial charge in [0.2, 0.25) is 11.8 Å². The lowest BCUT2D eigenvalue weighted by Gasteiger charge is -2.22. The molecule has 4 aromatic rings. The number of fused-ring (bicyclic) bond motifs is 2. The Balaban J connectivity index is 1.27. The lowest BCUT2D eigenvalue weighted by molar-refractivity contribution is -0.122. The molecule has 0 N–H and O–H groups in total. The summed E-state index contributed by atoms with van der Waals surface area (Å²) in [5.74, 6) is -1.48. The van der Waals surface area contributed by atoms with Crippen LogP contribution >= 0.6 is 0 Å². The summed E-state index contributed by atoms with van der Waals surface area (Å²) in [6.45, 7) is 3.45. The molecule has 3 aromatic carbocycles. The summed E-state index contributed by atoms with van der Waals surface area (Å²) in [4.78, 5) is 58.5. The second-order valence-corrected chi connectivity index (χ2v) is 11.0. The monoisotopic (exact) mass is 574 g/mol. The number of carbonyl (C=O) groups is 4. The first-order valence-electron chi connectivity index (χ1n) is 14.2. The molecule has 0 saturated carbocycles. The van der Waals surface area contributed by atoms with Gasteiger partial charge in [0.05, 0.1) is 41.4 Å². The number of nitrogens with zero attached hydrogens (tertiary/aromatic N) is 2. The number of ether oxygens (including phenoxy) is 2. The molecule has 1 aliphatic carbocycles. The van der Waals surface area contributed by atoms with Gasteiger partial charge in [-0.25, -0.2) is 9.78 Å². The Morgan fingerprint density at radius 2 is 1.77 bits per heavy atom. The van der Waals surface area contributed by atoms with E-state index in [1.807, 2.05) is 44.2 Å². The number of anilines is 1. The molecule has 0 spiro atoms. The highest BCUT2D eigenvalue weighted by Gasteiger charge is 2.50. The number of Topliss-reactive ketones (excluding diaryl/α,β-unsaturated/α-hetero) is 1. The minimum Gasteiger partial charge on any atom is -0.497 e. The number of carbonyl (C=O) groups excluding carboxylic acids is 4. The zero-order valence-electron chi connectivity index (χ0n) is 24.1. The molecular weight excluding hydrogens is 544 g/mol. The molecule has 2 aliphatic rings. The van der Waals surface area contributed by atoms with E-state index in [9.17, 15) is 19.2 Å². The van der Waals surface area contributed by atoms with E-state index < -0.39 is 12.6 Å². The van der Waals surface area contributed by atoms with Crippen LogP contribution in [0.25, 0.3) is 22.2 Å². The maximum atomic E-state index is 13.3. The quantitative estimate of drug-likeness (QED) is 0.116. The van der Waals surface area contributed by atoms with Crippen molar-refractivity contribution in [3.63, 3.8) is 0 Å². The number of hydrogen-bond acceptors (Lipinski definition) is 7. The SMILES string of the molecule is COc1cccc(C(=O)COC(=O)c2cc(-c3ccc(N4C(=O)C5CC=CC(C)C5C4=O)cc3)nc3ccc(C)cc23)c1. The topological polar surface area (TPSA) is 103 Å². The van der Waals surface area contributed by atoms with E-state index in [4.69, 9.17) is 14.5 Å². The molecule has 1 fully saturated rings. The zero-order valence-corrected chi connectivity index (χ0v) is 24.1. The number of pyridine rings is 1. The van der Waals surface area contributed by atoms with E-state index in [-0.39, 0.29) is 40.9 Å². The number of aromatic nitrogens is 1. The number of benzene rings is 3. The molecule has 0 radical (unpaired) electrons. The highest BCUT2D eigenvalue weighted by molar-refractivity contribution is 6.22. The van der Waals surface area contributed by atoms with Crippen LogP contribution < -0.4 is 9.64 Å². The molecule has 3 unspecified atom stereocenters. The Labute approximate surface area is 248 Å². The largest absolute Gasteiger partial charge is 0.497 e. The highest BCUT2D eigenvalue weighted by Crippen LogP contribution is 2.40. The van der Waals surface area contributed by atoms with Crippen molar-refractivity contribution in [3.8, 4) is 17.0 Å². The minimum atomic E-state index is -0.647. The van der Waals surface area contributed by atoms with E-state index >= 15 is 0 Å². The van der Waals surface area contributed by atoms with Crippen molar-refractivity contribution in [1.29, 1.82) is 0 Å². The zero-order chi connectivity index (χ0) is 30.2. The molecule has 8 heteroatoms. The van der Waals surface area contributed by atoms with E-state index in [1.165, 1.54) is 12.0 Å². The van der Waals surface area contributed by atoms with Gasteiger partial charge in [0.25, 0.3) is 0 Å². The molecule has 43 heavy (non-hydrogen) atoms. The average Bonchev–Trinajstić information content (AvgIpc) is 3.29. The lowest BCUT2D eigenvalue weighted by atomic mass is 9.78. The Morgan fingerprint density at radius 1 is 0.977 bits per heavy atom. The summed E-state index contributed by atoms with van der Waals surface area (Å²) in [6.07, 6.45) is 4.55. The molecular formula is C35H30N2O6. The Hall–Kier alpha value is -5.11. The van der Waals surface area contributed by atoms with Gasteiger partial charge in [-0.05, 0) is 61.7 Å². The third-order valence-corrected chi connectivity index (χ3v) is 8.20. The maximum Gasteiger partial charge on any atom is 0.339 e. The summed E-state index contributed by atoms with van der Waals surface area (Å²) in [7, 11) is 1.51. The van der Waals surface area contributed by atoms with Crippen molar-refractivity contribution < 1.29 is 28.7 Å². The van der Waals surface area contributed by atoms with Crippen LogP contribution in [-0.4, -0.2) is 42.3 Å². The number of esters is 1. The number of amides is 2. The van der Waals surface area contributed by atoms with Crippen LogP contribution in [-0.2, 0) is 14.3 Å². The molecule has 8 nitrogen and oxygen atoms in total. The van der Waals surface area contributed by atoms with Crippen molar-refractivity contribution in [2.24, 2.45) is 17.8 Å².